The van der Waals surface area contributed by atoms with E-state index in [2.05, 4.69) is 10.3 Å². The zero-order valence-electron chi connectivity index (χ0n) is 15.0. The Bertz CT molecular complexity index is 986. The minimum atomic E-state index is -0.674. The summed E-state index contributed by atoms with van der Waals surface area (Å²) in [5.74, 6) is -1.55. The standard InChI is InChI=1S/C21H19F3N2O2/c22-13-4-14(23)6-16(5-13)28-17-7-15(8-17)26-10-20-18-1-2-25-9-19(18)12(11-27)3-21(20)24/h1-6,9,15,17,26-27H,7-8,10-11H2. The minimum absolute atomic E-state index is 0.122. The van der Waals surface area contributed by atoms with E-state index in [4.69, 9.17) is 4.74 Å². The number of pyridine rings is 1. The predicted octanol–water partition coefficient (Wildman–Crippen LogP) is 3.84. The molecule has 146 valence electrons. The lowest BCUT2D eigenvalue weighted by atomic mass is 9.88. The van der Waals surface area contributed by atoms with Gasteiger partial charge in [-0.25, -0.2) is 13.2 Å². The number of nitrogens with one attached hydrogen (secondary N) is 1. The van der Waals surface area contributed by atoms with E-state index in [0.717, 1.165) is 23.6 Å². The van der Waals surface area contributed by atoms with Crippen LogP contribution < -0.4 is 10.1 Å². The maximum absolute atomic E-state index is 14.5. The molecular weight excluding hydrogens is 369 g/mol. The van der Waals surface area contributed by atoms with E-state index in [0.29, 0.717) is 35.9 Å². The van der Waals surface area contributed by atoms with Crippen LogP contribution in [0, 0.1) is 17.5 Å². The molecule has 4 nitrogen and oxygen atoms in total. The van der Waals surface area contributed by atoms with Crippen LogP contribution in [0.3, 0.4) is 0 Å². The number of rotatable bonds is 6. The highest BCUT2D eigenvalue weighted by atomic mass is 19.1. The molecule has 1 saturated carbocycles. The first kappa shape index (κ1) is 18.7. The number of ether oxygens (including phenoxy) is 1. The molecule has 0 radical (unpaired) electrons. The molecule has 0 aliphatic heterocycles. The van der Waals surface area contributed by atoms with Crippen molar-refractivity contribution in [3.63, 3.8) is 0 Å². The number of aromatic nitrogens is 1. The summed E-state index contributed by atoms with van der Waals surface area (Å²) in [5, 5.41) is 14.2. The van der Waals surface area contributed by atoms with Gasteiger partial charge in [0.1, 0.15) is 29.3 Å². The molecule has 7 heteroatoms. The summed E-state index contributed by atoms with van der Waals surface area (Å²) in [6.07, 6.45) is 4.40. The van der Waals surface area contributed by atoms with E-state index in [9.17, 15) is 18.3 Å². The lowest BCUT2D eigenvalue weighted by molar-refractivity contribution is 0.0836. The third-order valence-electron chi connectivity index (χ3n) is 5.05. The third-order valence-corrected chi connectivity index (χ3v) is 5.05. The van der Waals surface area contributed by atoms with Crippen LogP contribution in [0.15, 0.2) is 42.7 Å². The van der Waals surface area contributed by atoms with Gasteiger partial charge in [0.05, 0.1) is 6.61 Å². The molecule has 0 saturated heterocycles. The summed E-state index contributed by atoms with van der Waals surface area (Å²) in [5.41, 5.74) is 1.02. The first-order valence-corrected chi connectivity index (χ1v) is 9.04. The van der Waals surface area contributed by atoms with Crippen LogP contribution in [0.5, 0.6) is 5.75 Å². The quantitative estimate of drug-likeness (QED) is 0.674. The molecule has 0 amide bonds. The molecular formula is C21H19F3N2O2. The lowest BCUT2D eigenvalue weighted by Crippen LogP contribution is -2.46. The van der Waals surface area contributed by atoms with Gasteiger partial charge in [-0.2, -0.15) is 0 Å². The van der Waals surface area contributed by atoms with E-state index >= 15 is 0 Å². The van der Waals surface area contributed by atoms with Crippen molar-refractivity contribution in [1.29, 1.82) is 0 Å². The number of fused-ring (bicyclic) bond motifs is 1. The fraction of sp³-hybridized carbons (Fsp3) is 0.286. The number of benzene rings is 2. The minimum Gasteiger partial charge on any atom is -0.490 e. The van der Waals surface area contributed by atoms with Crippen LogP contribution in [0.4, 0.5) is 13.2 Å². The molecule has 1 heterocycles. The fourth-order valence-corrected chi connectivity index (χ4v) is 3.53. The van der Waals surface area contributed by atoms with Crippen molar-refractivity contribution in [3.05, 3.63) is 71.3 Å². The smallest absolute Gasteiger partial charge is 0.129 e. The van der Waals surface area contributed by atoms with E-state index in [-0.39, 0.29) is 30.3 Å². The Morgan fingerprint density at radius 1 is 1.07 bits per heavy atom. The Kier molecular flexibility index (Phi) is 5.19. The van der Waals surface area contributed by atoms with Crippen molar-refractivity contribution in [3.8, 4) is 5.75 Å². The van der Waals surface area contributed by atoms with Gasteiger partial charge in [-0.1, -0.05) is 0 Å². The molecule has 1 aliphatic carbocycles. The van der Waals surface area contributed by atoms with Gasteiger partial charge in [0.2, 0.25) is 0 Å². The normalized spacial score (nSPS) is 18.9. The number of nitrogens with zero attached hydrogens (tertiary/aromatic N) is 1. The van der Waals surface area contributed by atoms with Crippen LogP contribution in [-0.4, -0.2) is 22.2 Å². The Balaban J connectivity index is 1.38. The molecule has 0 spiro atoms. The Morgan fingerprint density at radius 2 is 1.82 bits per heavy atom. The summed E-state index contributed by atoms with van der Waals surface area (Å²) in [7, 11) is 0. The Labute approximate surface area is 160 Å². The van der Waals surface area contributed by atoms with Gasteiger partial charge >= 0.3 is 0 Å². The number of halogens is 3. The molecule has 1 aromatic heterocycles. The van der Waals surface area contributed by atoms with Gasteiger partial charge in [-0.05, 0) is 35.9 Å². The molecule has 1 fully saturated rings. The van der Waals surface area contributed by atoms with Gasteiger partial charge in [-0.15, -0.1) is 0 Å². The number of hydrogen-bond donors (Lipinski definition) is 2. The van der Waals surface area contributed by atoms with Crippen molar-refractivity contribution in [2.75, 3.05) is 0 Å². The van der Waals surface area contributed by atoms with Gasteiger partial charge in [0, 0.05) is 54.1 Å². The second kappa shape index (κ2) is 7.77. The number of aliphatic hydroxyl groups excluding tert-OH is 1. The van der Waals surface area contributed by atoms with E-state index in [1.165, 1.54) is 6.07 Å². The molecule has 2 aromatic carbocycles. The van der Waals surface area contributed by atoms with Crippen molar-refractivity contribution < 1.29 is 23.0 Å². The second-order valence-corrected chi connectivity index (χ2v) is 6.97. The van der Waals surface area contributed by atoms with Crippen molar-refractivity contribution in [2.24, 2.45) is 0 Å². The van der Waals surface area contributed by atoms with Gasteiger partial charge < -0.3 is 15.2 Å². The maximum atomic E-state index is 14.5. The molecule has 0 bridgehead atoms. The van der Waals surface area contributed by atoms with E-state index in [1.54, 1.807) is 18.5 Å². The summed E-state index contributed by atoms with van der Waals surface area (Å²) in [4.78, 5) is 4.05. The van der Waals surface area contributed by atoms with Crippen LogP contribution in [0.1, 0.15) is 24.0 Å². The number of aliphatic hydroxyl groups is 1. The van der Waals surface area contributed by atoms with Crippen molar-refractivity contribution in [2.45, 2.75) is 38.1 Å². The molecule has 2 N–H and O–H groups in total. The van der Waals surface area contributed by atoms with Crippen molar-refractivity contribution in [1.82, 2.24) is 10.3 Å². The molecule has 3 aromatic rings. The molecule has 0 unspecified atom stereocenters. The highest BCUT2D eigenvalue weighted by molar-refractivity contribution is 5.88. The van der Waals surface area contributed by atoms with E-state index in [1.807, 2.05) is 0 Å². The highest BCUT2D eigenvalue weighted by Crippen LogP contribution is 2.29. The second-order valence-electron chi connectivity index (χ2n) is 6.97. The average molecular weight is 388 g/mol. The van der Waals surface area contributed by atoms with Crippen LogP contribution in [0.25, 0.3) is 10.8 Å². The fourth-order valence-electron chi connectivity index (χ4n) is 3.53. The predicted molar refractivity (Wildman–Crippen MR) is 98.3 cm³/mol. The molecule has 28 heavy (non-hydrogen) atoms. The first-order chi connectivity index (χ1) is 13.5. The van der Waals surface area contributed by atoms with Crippen LogP contribution >= 0.6 is 0 Å². The zero-order chi connectivity index (χ0) is 19.7. The van der Waals surface area contributed by atoms with Crippen LogP contribution in [-0.2, 0) is 13.2 Å². The third kappa shape index (κ3) is 3.81. The molecule has 0 atom stereocenters. The van der Waals surface area contributed by atoms with Gasteiger partial charge in [-0.3, -0.25) is 4.98 Å². The average Bonchev–Trinajstić information content (AvgIpc) is 2.63. The Morgan fingerprint density at radius 3 is 2.54 bits per heavy atom. The van der Waals surface area contributed by atoms with Gasteiger partial charge in [0.15, 0.2) is 0 Å². The monoisotopic (exact) mass is 388 g/mol. The largest absolute Gasteiger partial charge is 0.490 e. The topological polar surface area (TPSA) is 54.4 Å². The first-order valence-electron chi connectivity index (χ1n) is 9.04. The Hall–Kier alpha value is -2.64. The summed E-state index contributed by atoms with van der Waals surface area (Å²) < 4.78 is 46.5. The lowest BCUT2D eigenvalue weighted by Gasteiger charge is -2.36. The molecule has 4 rings (SSSR count). The molecule has 1 aliphatic rings. The highest BCUT2D eigenvalue weighted by Gasteiger charge is 2.31. The SMILES string of the molecule is OCc1cc(F)c(CNC2CC(Oc3cc(F)cc(F)c3)C2)c2ccncc12. The summed E-state index contributed by atoms with van der Waals surface area (Å²) in [6, 6.07) is 6.31. The van der Waals surface area contributed by atoms with Crippen molar-refractivity contribution >= 4 is 10.8 Å². The maximum Gasteiger partial charge on any atom is 0.129 e. The van der Waals surface area contributed by atoms with Crippen LogP contribution in [0.2, 0.25) is 0 Å². The summed E-state index contributed by atoms with van der Waals surface area (Å²) in [6.45, 7) is 0.0686. The van der Waals surface area contributed by atoms with Gasteiger partial charge in [0.25, 0.3) is 0 Å². The van der Waals surface area contributed by atoms with E-state index < -0.39 is 11.6 Å². The number of hydrogen-bond acceptors (Lipinski definition) is 4. The zero-order valence-corrected chi connectivity index (χ0v) is 15.0. The summed E-state index contributed by atoms with van der Waals surface area (Å²) >= 11 is 0.